The number of sulfonamides is 1. The molecule has 1 aliphatic carbocycles. The fourth-order valence-corrected chi connectivity index (χ4v) is 4.53. The first-order valence-corrected chi connectivity index (χ1v) is 9.24. The van der Waals surface area contributed by atoms with E-state index in [-0.39, 0.29) is 6.04 Å². The Balaban J connectivity index is 2.08. The standard InChI is InChI=1S/C15H27N3O2S/c1-12(13-7-5-4-6-8-13)17-21(19,20)15-9-14(10-16-2)18(3)11-15/h9,11-13,16-17H,4-8,10H2,1-3H3. The molecule has 0 spiro atoms. The van der Waals surface area contributed by atoms with Crippen LogP contribution in [0.2, 0.25) is 0 Å². The van der Waals surface area contributed by atoms with Crippen LogP contribution in [0.5, 0.6) is 0 Å². The number of hydrogen-bond donors (Lipinski definition) is 2. The fourth-order valence-electron chi connectivity index (χ4n) is 3.12. The smallest absolute Gasteiger partial charge is 0.242 e. The van der Waals surface area contributed by atoms with Gasteiger partial charge in [-0.1, -0.05) is 19.3 Å². The zero-order valence-corrected chi connectivity index (χ0v) is 14.0. The van der Waals surface area contributed by atoms with E-state index in [0.29, 0.717) is 17.4 Å². The molecule has 1 aromatic heterocycles. The van der Waals surface area contributed by atoms with Crippen molar-refractivity contribution in [2.24, 2.45) is 13.0 Å². The van der Waals surface area contributed by atoms with Crippen LogP contribution in [0.25, 0.3) is 0 Å². The van der Waals surface area contributed by atoms with Crippen molar-refractivity contribution in [1.29, 1.82) is 0 Å². The second-order valence-corrected chi connectivity index (χ2v) is 7.83. The molecule has 1 atom stereocenters. The normalized spacial score (nSPS) is 18.8. The summed E-state index contributed by atoms with van der Waals surface area (Å²) in [4.78, 5) is 0.359. The quantitative estimate of drug-likeness (QED) is 0.844. The maximum atomic E-state index is 12.5. The summed E-state index contributed by atoms with van der Waals surface area (Å²) in [6.07, 6.45) is 7.65. The van der Waals surface area contributed by atoms with Gasteiger partial charge in [-0.2, -0.15) is 0 Å². The number of aromatic nitrogens is 1. The van der Waals surface area contributed by atoms with E-state index < -0.39 is 10.0 Å². The van der Waals surface area contributed by atoms with Gasteiger partial charge in [0.15, 0.2) is 0 Å². The Morgan fingerprint density at radius 1 is 1.33 bits per heavy atom. The predicted octanol–water partition coefficient (Wildman–Crippen LogP) is 1.99. The highest BCUT2D eigenvalue weighted by Crippen LogP contribution is 2.27. The van der Waals surface area contributed by atoms with E-state index in [1.165, 1.54) is 19.3 Å². The van der Waals surface area contributed by atoms with E-state index in [4.69, 9.17) is 0 Å². The van der Waals surface area contributed by atoms with E-state index in [1.807, 2.05) is 25.6 Å². The Morgan fingerprint density at radius 2 is 2.00 bits per heavy atom. The van der Waals surface area contributed by atoms with Gasteiger partial charge >= 0.3 is 0 Å². The first kappa shape index (κ1) is 16.5. The summed E-state index contributed by atoms with van der Waals surface area (Å²) in [6, 6.07) is 1.75. The van der Waals surface area contributed by atoms with Crippen molar-refractivity contribution in [3.8, 4) is 0 Å². The summed E-state index contributed by atoms with van der Waals surface area (Å²) in [7, 11) is 0.296. The van der Waals surface area contributed by atoms with Gasteiger partial charge in [0.25, 0.3) is 0 Å². The number of rotatable bonds is 6. The highest BCUT2D eigenvalue weighted by Gasteiger charge is 2.26. The van der Waals surface area contributed by atoms with Gasteiger partial charge in [0.2, 0.25) is 10.0 Å². The number of nitrogens with zero attached hydrogens (tertiary/aromatic N) is 1. The summed E-state index contributed by atoms with van der Waals surface area (Å²) in [5.74, 6) is 0.467. The van der Waals surface area contributed by atoms with Crippen LogP contribution in [0.4, 0.5) is 0 Å². The van der Waals surface area contributed by atoms with E-state index >= 15 is 0 Å². The summed E-state index contributed by atoms with van der Waals surface area (Å²) < 4.78 is 29.7. The van der Waals surface area contributed by atoms with E-state index in [1.54, 1.807) is 12.3 Å². The Labute approximate surface area is 128 Å². The van der Waals surface area contributed by atoms with Crippen molar-refractivity contribution in [1.82, 2.24) is 14.6 Å². The van der Waals surface area contributed by atoms with Crippen LogP contribution in [-0.2, 0) is 23.6 Å². The lowest BCUT2D eigenvalue weighted by Gasteiger charge is -2.27. The van der Waals surface area contributed by atoms with Gasteiger partial charge in [-0.15, -0.1) is 0 Å². The van der Waals surface area contributed by atoms with Crippen LogP contribution in [0.15, 0.2) is 17.2 Å². The lowest BCUT2D eigenvalue weighted by molar-refractivity contribution is 0.303. The molecule has 120 valence electrons. The molecular formula is C15H27N3O2S. The highest BCUT2D eigenvalue weighted by molar-refractivity contribution is 7.89. The second kappa shape index (κ2) is 6.94. The average Bonchev–Trinajstić information content (AvgIpc) is 2.82. The maximum absolute atomic E-state index is 12.5. The van der Waals surface area contributed by atoms with E-state index in [0.717, 1.165) is 18.5 Å². The first-order valence-electron chi connectivity index (χ1n) is 7.76. The molecule has 1 aromatic rings. The summed E-state index contributed by atoms with van der Waals surface area (Å²) in [5.41, 5.74) is 0.961. The van der Waals surface area contributed by atoms with Crippen molar-refractivity contribution in [3.63, 3.8) is 0 Å². The van der Waals surface area contributed by atoms with Crippen LogP contribution < -0.4 is 10.0 Å². The third-order valence-electron chi connectivity index (χ3n) is 4.45. The predicted molar refractivity (Wildman–Crippen MR) is 84.5 cm³/mol. The maximum Gasteiger partial charge on any atom is 0.242 e. The molecule has 2 rings (SSSR count). The van der Waals surface area contributed by atoms with Crippen molar-refractivity contribution in [2.75, 3.05) is 7.05 Å². The number of hydrogen-bond acceptors (Lipinski definition) is 3. The summed E-state index contributed by atoms with van der Waals surface area (Å²) in [6.45, 7) is 2.65. The Hall–Kier alpha value is -0.850. The van der Waals surface area contributed by atoms with Crippen LogP contribution in [0.1, 0.15) is 44.7 Å². The molecule has 5 nitrogen and oxygen atoms in total. The summed E-state index contributed by atoms with van der Waals surface area (Å²) >= 11 is 0. The minimum Gasteiger partial charge on any atom is -0.352 e. The molecule has 1 heterocycles. The Kier molecular flexibility index (Phi) is 5.46. The third kappa shape index (κ3) is 4.08. The molecule has 0 aliphatic heterocycles. The van der Waals surface area contributed by atoms with Gasteiger partial charge in [0.1, 0.15) is 0 Å². The number of nitrogens with one attached hydrogen (secondary N) is 2. The molecule has 21 heavy (non-hydrogen) atoms. The van der Waals surface area contributed by atoms with E-state index in [2.05, 4.69) is 10.0 Å². The van der Waals surface area contributed by atoms with E-state index in [9.17, 15) is 8.42 Å². The van der Waals surface area contributed by atoms with Gasteiger partial charge in [-0.05, 0) is 38.8 Å². The van der Waals surface area contributed by atoms with Crippen LogP contribution >= 0.6 is 0 Å². The molecular weight excluding hydrogens is 286 g/mol. The Bertz CT molecular complexity index is 559. The van der Waals surface area contributed by atoms with Crippen molar-refractivity contribution in [2.45, 2.75) is 56.5 Å². The Morgan fingerprint density at radius 3 is 2.62 bits per heavy atom. The molecule has 2 N–H and O–H groups in total. The molecule has 1 aliphatic rings. The topological polar surface area (TPSA) is 63.1 Å². The molecule has 0 bridgehead atoms. The van der Waals surface area contributed by atoms with Crippen molar-refractivity contribution >= 4 is 10.0 Å². The van der Waals surface area contributed by atoms with Gasteiger partial charge in [-0.25, -0.2) is 13.1 Å². The minimum absolute atomic E-state index is 0.00302. The van der Waals surface area contributed by atoms with Gasteiger partial charge in [0.05, 0.1) is 4.90 Å². The third-order valence-corrected chi connectivity index (χ3v) is 5.97. The van der Waals surface area contributed by atoms with Gasteiger partial charge in [-0.3, -0.25) is 0 Å². The molecule has 1 fully saturated rings. The zero-order valence-electron chi connectivity index (χ0n) is 13.2. The minimum atomic E-state index is -3.43. The van der Waals surface area contributed by atoms with Crippen LogP contribution in [0, 0.1) is 5.92 Å². The van der Waals surface area contributed by atoms with Crippen LogP contribution in [0.3, 0.4) is 0 Å². The largest absolute Gasteiger partial charge is 0.352 e. The molecule has 0 radical (unpaired) electrons. The first-order chi connectivity index (χ1) is 9.94. The lowest BCUT2D eigenvalue weighted by Crippen LogP contribution is -2.38. The monoisotopic (exact) mass is 313 g/mol. The molecule has 1 unspecified atom stereocenters. The van der Waals surface area contributed by atoms with Crippen molar-refractivity contribution in [3.05, 3.63) is 18.0 Å². The van der Waals surface area contributed by atoms with Gasteiger partial charge in [0, 0.05) is 31.5 Å². The highest BCUT2D eigenvalue weighted by atomic mass is 32.2. The molecule has 0 amide bonds. The zero-order chi connectivity index (χ0) is 15.5. The second-order valence-electron chi connectivity index (χ2n) is 6.12. The molecule has 0 saturated heterocycles. The average molecular weight is 313 g/mol. The molecule has 1 saturated carbocycles. The molecule has 6 heteroatoms. The SMILES string of the molecule is CNCc1cc(S(=O)(=O)NC(C)C2CCCCC2)cn1C. The van der Waals surface area contributed by atoms with Gasteiger partial charge < -0.3 is 9.88 Å². The fraction of sp³-hybridized carbons (Fsp3) is 0.733. The summed E-state index contributed by atoms with van der Waals surface area (Å²) in [5, 5.41) is 3.05. The lowest BCUT2D eigenvalue weighted by atomic mass is 9.85. The molecule has 0 aromatic carbocycles. The van der Waals surface area contributed by atoms with Crippen molar-refractivity contribution < 1.29 is 8.42 Å². The van der Waals surface area contributed by atoms with Crippen LogP contribution in [-0.4, -0.2) is 26.1 Å². The number of aryl methyl sites for hydroxylation is 1.